The van der Waals surface area contributed by atoms with E-state index in [1.54, 1.807) is 0 Å². The minimum atomic E-state index is 0.293. The normalized spacial score (nSPS) is 12.1. The number of hydrogen-bond acceptors (Lipinski definition) is 0. The number of hydrogen-bond donors (Lipinski definition) is 0. The van der Waals surface area contributed by atoms with Gasteiger partial charge in [-0.3, -0.25) is 0 Å². The number of rotatable bonds is 3. The SMILES string of the molecule is C=CC(c1ccccc1)c1cccc(C)c1. The Kier molecular flexibility index (Phi) is 3.21. The van der Waals surface area contributed by atoms with E-state index < -0.39 is 0 Å². The fourth-order valence-corrected chi connectivity index (χ4v) is 1.99. The van der Waals surface area contributed by atoms with E-state index in [0.29, 0.717) is 5.92 Å². The fraction of sp³-hybridized carbons (Fsp3) is 0.125. The van der Waals surface area contributed by atoms with Gasteiger partial charge in [0, 0.05) is 5.92 Å². The smallest absolute Gasteiger partial charge is 0.0267 e. The lowest BCUT2D eigenvalue weighted by molar-refractivity contribution is 1.03. The maximum absolute atomic E-state index is 3.94. The van der Waals surface area contributed by atoms with Gasteiger partial charge in [-0.1, -0.05) is 66.2 Å². The quantitative estimate of drug-likeness (QED) is 0.659. The average molecular weight is 208 g/mol. The Labute approximate surface area is 97.3 Å². The predicted molar refractivity (Wildman–Crippen MR) is 69.7 cm³/mol. The van der Waals surface area contributed by atoms with Gasteiger partial charge in [0.05, 0.1) is 0 Å². The molecule has 0 N–H and O–H groups in total. The number of benzene rings is 2. The van der Waals surface area contributed by atoms with Crippen LogP contribution in [-0.2, 0) is 0 Å². The Morgan fingerprint density at radius 3 is 2.25 bits per heavy atom. The van der Waals surface area contributed by atoms with Crippen LogP contribution in [0.1, 0.15) is 22.6 Å². The summed E-state index contributed by atoms with van der Waals surface area (Å²) >= 11 is 0. The van der Waals surface area contributed by atoms with Gasteiger partial charge in [0.1, 0.15) is 0 Å². The Morgan fingerprint density at radius 1 is 0.938 bits per heavy atom. The topological polar surface area (TPSA) is 0 Å². The highest BCUT2D eigenvalue weighted by Gasteiger charge is 2.09. The van der Waals surface area contributed by atoms with Crippen LogP contribution >= 0.6 is 0 Å². The van der Waals surface area contributed by atoms with E-state index in [1.807, 2.05) is 12.1 Å². The first-order valence-corrected chi connectivity index (χ1v) is 5.55. The van der Waals surface area contributed by atoms with Crippen LogP contribution in [0.4, 0.5) is 0 Å². The van der Waals surface area contributed by atoms with Crippen molar-refractivity contribution in [3.63, 3.8) is 0 Å². The molecular weight excluding hydrogens is 192 g/mol. The van der Waals surface area contributed by atoms with E-state index in [1.165, 1.54) is 16.7 Å². The maximum Gasteiger partial charge on any atom is 0.0267 e. The molecule has 0 fully saturated rings. The van der Waals surface area contributed by atoms with E-state index in [9.17, 15) is 0 Å². The molecule has 0 heteroatoms. The molecule has 0 aliphatic heterocycles. The van der Waals surface area contributed by atoms with Gasteiger partial charge < -0.3 is 0 Å². The van der Waals surface area contributed by atoms with Crippen molar-refractivity contribution < 1.29 is 0 Å². The summed E-state index contributed by atoms with van der Waals surface area (Å²) in [7, 11) is 0. The summed E-state index contributed by atoms with van der Waals surface area (Å²) in [6.07, 6.45) is 2.00. The summed E-state index contributed by atoms with van der Waals surface area (Å²) in [6, 6.07) is 19.1. The van der Waals surface area contributed by atoms with Crippen molar-refractivity contribution in [2.24, 2.45) is 0 Å². The third-order valence-electron chi connectivity index (χ3n) is 2.80. The van der Waals surface area contributed by atoms with Crippen LogP contribution in [0, 0.1) is 6.92 Å². The summed E-state index contributed by atoms with van der Waals surface area (Å²) in [5, 5.41) is 0. The van der Waals surface area contributed by atoms with E-state index in [4.69, 9.17) is 0 Å². The molecule has 0 heterocycles. The lowest BCUT2D eigenvalue weighted by Crippen LogP contribution is -1.97. The van der Waals surface area contributed by atoms with Gasteiger partial charge in [-0.05, 0) is 18.1 Å². The second-order valence-electron chi connectivity index (χ2n) is 4.04. The van der Waals surface area contributed by atoms with Crippen molar-refractivity contribution in [3.8, 4) is 0 Å². The number of allylic oxidation sites excluding steroid dienone is 1. The minimum Gasteiger partial charge on any atom is -0.102 e. The van der Waals surface area contributed by atoms with Gasteiger partial charge in [0.15, 0.2) is 0 Å². The van der Waals surface area contributed by atoms with Gasteiger partial charge in [-0.15, -0.1) is 6.58 Å². The molecule has 0 aromatic heterocycles. The molecule has 1 atom stereocenters. The largest absolute Gasteiger partial charge is 0.102 e. The highest BCUT2D eigenvalue weighted by Crippen LogP contribution is 2.25. The van der Waals surface area contributed by atoms with Crippen LogP contribution in [0.5, 0.6) is 0 Å². The van der Waals surface area contributed by atoms with Gasteiger partial charge in [-0.2, -0.15) is 0 Å². The summed E-state index contributed by atoms with van der Waals surface area (Å²) < 4.78 is 0. The molecule has 0 saturated heterocycles. The molecule has 0 saturated carbocycles. The Hall–Kier alpha value is -1.82. The van der Waals surface area contributed by atoms with Crippen molar-refractivity contribution in [3.05, 3.63) is 83.9 Å². The minimum absolute atomic E-state index is 0.293. The molecule has 0 amide bonds. The first kappa shape index (κ1) is 10.7. The van der Waals surface area contributed by atoms with Crippen LogP contribution in [0.25, 0.3) is 0 Å². The molecule has 2 aromatic rings. The summed E-state index contributed by atoms with van der Waals surface area (Å²) in [5.41, 5.74) is 3.89. The molecule has 0 spiro atoms. The molecule has 16 heavy (non-hydrogen) atoms. The molecule has 0 aliphatic rings. The second-order valence-corrected chi connectivity index (χ2v) is 4.04. The highest BCUT2D eigenvalue weighted by atomic mass is 14.1. The first-order chi connectivity index (χ1) is 7.81. The standard InChI is InChI=1S/C16H16/c1-3-16(14-9-5-4-6-10-14)15-11-7-8-13(2)12-15/h3-12,16H,1H2,2H3. The zero-order chi connectivity index (χ0) is 11.4. The molecule has 0 nitrogen and oxygen atoms in total. The zero-order valence-corrected chi connectivity index (χ0v) is 9.56. The lowest BCUT2D eigenvalue weighted by Gasteiger charge is -2.13. The van der Waals surface area contributed by atoms with E-state index in [0.717, 1.165) is 0 Å². The lowest BCUT2D eigenvalue weighted by atomic mass is 9.91. The summed E-state index contributed by atoms with van der Waals surface area (Å²) in [4.78, 5) is 0. The predicted octanol–water partition coefficient (Wildman–Crippen LogP) is 4.31. The highest BCUT2D eigenvalue weighted by molar-refractivity contribution is 5.37. The van der Waals surface area contributed by atoms with Gasteiger partial charge in [0.25, 0.3) is 0 Å². The first-order valence-electron chi connectivity index (χ1n) is 5.55. The molecule has 0 radical (unpaired) electrons. The van der Waals surface area contributed by atoms with E-state index in [-0.39, 0.29) is 0 Å². The summed E-state index contributed by atoms with van der Waals surface area (Å²) in [5.74, 6) is 0.293. The molecule has 0 aliphatic carbocycles. The van der Waals surface area contributed by atoms with Crippen molar-refractivity contribution >= 4 is 0 Å². The average Bonchev–Trinajstić information content (AvgIpc) is 2.31. The van der Waals surface area contributed by atoms with Gasteiger partial charge >= 0.3 is 0 Å². The molecule has 2 rings (SSSR count). The van der Waals surface area contributed by atoms with Crippen LogP contribution in [0.2, 0.25) is 0 Å². The second kappa shape index (κ2) is 4.80. The molecule has 1 unspecified atom stereocenters. The van der Waals surface area contributed by atoms with Crippen molar-refractivity contribution in [2.45, 2.75) is 12.8 Å². The number of aryl methyl sites for hydroxylation is 1. The molecule has 0 bridgehead atoms. The monoisotopic (exact) mass is 208 g/mol. The molecule has 2 aromatic carbocycles. The Morgan fingerprint density at radius 2 is 1.62 bits per heavy atom. The maximum atomic E-state index is 3.94. The van der Waals surface area contributed by atoms with E-state index in [2.05, 4.69) is 62.0 Å². The summed E-state index contributed by atoms with van der Waals surface area (Å²) in [6.45, 7) is 6.06. The van der Waals surface area contributed by atoms with Gasteiger partial charge in [0.2, 0.25) is 0 Å². The van der Waals surface area contributed by atoms with Crippen molar-refractivity contribution in [1.82, 2.24) is 0 Å². The zero-order valence-electron chi connectivity index (χ0n) is 9.56. The third kappa shape index (κ3) is 2.22. The van der Waals surface area contributed by atoms with Crippen LogP contribution < -0.4 is 0 Å². The van der Waals surface area contributed by atoms with Crippen LogP contribution in [-0.4, -0.2) is 0 Å². The van der Waals surface area contributed by atoms with Gasteiger partial charge in [-0.25, -0.2) is 0 Å². The van der Waals surface area contributed by atoms with Crippen molar-refractivity contribution in [1.29, 1.82) is 0 Å². The van der Waals surface area contributed by atoms with Crippen molar-refractivity contribution in [2.75, 3.05) is 0 Å². The Bertz CT molecular complexity index is 468. The fourth-order valence-electron chi connectivity index (χ4n) is 1.99. The third-order valence-corrected chi connectivity index (χ3v) is 2.80. The molecular formula is C16H16. The van der Waals surface area contributed by atoms with Crippen LogP contribution in [0.3, 0.4) is 0 Å². The molecule has 80 valence electrons. The Balaban J connectivity index is 2.41. The van der Waals surface area contributed by atoms with E-state index >= 15 is 0 Å². The van der Waals surface area contributed by atoms with Crippen LogP contribution in [0.15, 0.2) is 67.3 Å².